The zero-order valence-corrected chi connectivity index (χ0v) is 11.7. The standard InChI is InChI=1S/C13H12BrClN2/c1-9-4-5-10(11(14)7-9)8-17-12-3-2-6-16-13(12)15/h2-7,17H,8H2,1H3. The topological polar surface area (TPSA) is 24.9 Å². The summed E-state index contributed by atoms with van der Waals surface area (Å²) in [5.74, 6) is 0. The largest absolute Gasteiger partial charge is 0.378 e. The SMILES string of the molecule is Cc1ccc(CNc2cccnc2Cl)c(Br)c1. The van der Waals surface area contributed by atoms with Gasteiger partial charge in [-0.2, -0.15) is 0 Å². The lowest BCUT2D eigenvalue weighted by Crippen LogP contribution is -2.01. The number of nitrogens with one attached hydrogen (secondary N) is 1. The molecule has 0 saturated heterocycles. The Hall–Kier alpha value is -1.06. The molecule has 2 aromatic rings. The molecule has 1 heterocycles. The maximum atomic E-state index is 5.97. The molecule has 4 heteroatoms. The minimum absolute atomic E-state index is 0.496. The molecule has 0 spiro atoms. The van der Waals surface area contributed by atoms with Gasteiger partial charge in [-0.25, -0.2) is 4.98 Å². The van der Waals surface area contributed by atoms with Gasteiger partial charge in [-0.1, -0.05) is 39.7 Å². The molecule has 0 fully saturated rings. The lowest BCUT2D eigenvalue weighted by atomic mass is 10.1. The molecule has 0 unspecified atom stereocenters. The summed E-state index contributed by atoms with van der Waals surface area (Å²) < 4.78 is 1.10. The van der Waals surface area contributed by atoms with Crippen molar-refractivity contribution in [2.24, 2.45) is 0 Å². The molecule has 88 valence electrons. The third-order valence-corrected chi connectivity index (χ3v) is 3.48. The molecule has 2 rings (SSSR count). The van der Waals surface area contributed by atoms with Crippen LogP contribution in [0.15, 0.2) is 41.0 Å². The van der Waals surface area contributed by atoms with Gasteiger partial charge in [-0.15, -0.1) is 0 Å². The highest BCUT2D eigenvalue weighted by Crippen LogP contribution is 2.22. The second-order valence-electron chi connectivity index (χ2n) is 3.79. The lowest BCUT2D eigenvalue weighted by Gasteiger charge is -2.09. The van der Waals surface area contributed by atoms with E-state index in [-0.39, 0.29) is 0 Å². The van der Waals surface area contributed by atoms with Crippen LogP contribution in [0.5, 0.6) is 0 Å². The van der Waals surface area contributed by atoms with Crippen LogP contribution in [-0.4, -0.2) is 4.98 Å². The Morgan fingerprint density at radius 2 is 2.18 bits per heavy atom. The van der Waals surface area contributed by atoms with E-state index in [1.807, 2.05) is 12.1 Å². The van der Waals surface area contributed by atoms with Crippen molar-refractivity contribution in [1.82, 2.24) is 4.98 Å². The monoisotopic (exact) mass is 310 g/mol. The Balaban J connectivity index is 2.10. The van der Waals surface area contributed by atoms with Gasteiger partial charge in [0.05, 0.1) is 5.69 Å². The summed E-state index contributed by atoms with van der Waals surface area (Å²) in [5, 5.41) is 3.76. The molecular formula is C13H12BrClN2. The predicted molar refractivity (Wildman–Crippen MR) is 75.5 cm³/mol. The average molecular weight is 312 g/mol. The van der Waals surface area contributed by atoms with Crippen LogP contribution in [0.4, 0.5) is 5.69 Å². The number of pyridine rings is 1. The van der Waals surface area contributed by atoms with Gasteiger partial charge in [0.15, 0.2) is 5.15 Å². The molecule has 0 radical (unpaired) electrons. The van der Waals surface area contributed by atoms with E-state index in [2.05, 4.69) is 51.4 Å². The number of hydrogen-bond donors (Lipinski definition) is 1. The van der Waals surface area contributed by atoms with Crippen LogP contribution in [0, 0.1) is 6.92 Å². The van der Waals surface area contributed by atoms with Gasteiger partial charge >= 0.3 is 0 Å². The van der Waals surface area contributed by atoms with Gasteiger partial charge in [-0.3, -0.25) is 0 Å². The fraction of sp³-hybridized carbons (Fsp3) is 0.154. The number of benzene rings is 1. The van der Waals surface area contributed by atoms with Gasteiger partial charge in [-0.05, 0) is 36.2 Å². The van der Waals surface area contributed by atoms with Crippen LogP contribution in [0.3, 0.4) is 0 Å². The molecule has 0 saturated carbocycles. The molecule has 0 aliphatic carbocycles. The molecule has 17 heavy (non-hydrogen) atoms. The highest BCUT2D eigenvalue weighted by molar-refractivity contribution is 9.10. The fourth-order valence-corrected chi connectivity index (χ4v) is 2.32. The van der Waals surface area contributed by atoms with E-state index in [1.165, 1.54) is 11.1 Å². The fourth-order valence-electron chi connectivity index (χ4n) is 1.50. The van der Waals surface area contributed by atoms with Crippen LogP contribution in [0.2, 0.25) is 5.15 Å². The van der Waals surface area contributed by atoms with Crippen molar-refractivity contribution >= 4 is 33.2 Å². The van der Waals surface area contributed by atoms with Crippen molar-refractivity contribution in [1.29, 1.82) is 0 Å². The normalized spacial score (nSPS) is 10.3. The molecule has 0 aliphatic heterocycles. The van der Waals surface area contributed by atoms with Gasteiger partial charge in [0.1, 0.15) is 0 Å². The van der Waals surface area contributed by atoms with Crippen molar-refractivity contribution in [3.05, 3.63) is 57.3 Å². The van der Waals surface area contributed by atoms with Crippen LogP contribution in [0.25, 0.3) is 0 Å². The molecule has 0 bridgehead atoms. The summed E-state index contributed by atoms with van der Waals surface area (Å²) in [7, 11) is 0. The number of rotatable bonds is 3. The molecule has 2 nitrogen and oxygen atoms in total. The lowest BCUT2D eigenvalue weighted by molar-refractivity contribution is 1.12. The Morgan fingerprint density at radius 1 is 1.35 bits per heavy atom. The van der Waals surface area contributed by atoms with E-state index < -0.39 is 0 Å². The number of anilines is 1. The van der Waals surface area contributed by atoms with Crippen molar-refractivity contribution in [3.63, 3.8) is 0 Å². The summed E-state index contributed by atoms with van der Waals surface area (Å²) in [6, 6.07) is 10.1. The second kappa shape index (κ2) is 5.52. The first-order valence-electron chi connectivity index (χ1n) is 5.26. The number of nitrogens with zero attached hydrogens (tertiary/aromatic N) is 1. The third-order valence-electron chi connectivity index (χ3n) is 2.44. The van der Waals surface area contributed by atoms with Crippen LogP contribution in [0.1, 0.15) is 11.1 Å². The zero-order chi connectivity index (χ0) is 12.3. The first kappa shape index (κ1) is 12.4. The Kier molecular flexibility index (Phi) is 4.02. The summed E-state index contributed by atoms with van der Waals surface area (Å²) in [5.41, 5.74) is 3.28. The third kappa shape index (κ3) is 3.20. The summed E-state index contributed by atoms with van der Waals surface area (Å²) >= 11 is 9.52. The van der Waals surface area contributed by atoms with Gasteiger partial charge in [0.2, 0.25) is 0 Å². The van der Waals surface area contributed by atoms with E-state index in [0.29, 0.717) is 11.7 Å². The number of halogens is 2. The molecule has 0 aliphatic rings. The predicted octanol–water partition coefficient (Wildman–Crippen LogP) is 4.42. The first-order valence-corrected chi connectivity index (χ1v) is 6.43. The molecule has 1 aromatic carbocycles. The van der Waals surface area contributed by atoms with E-state index in [9.17, 15) is 0 Å². The highest BCUT2D eigenvalue weighted by Gasteiger charge is 2.02. The molecular weight excluding hydrogens is 300 g/mol. The van der Waals surface area contributed by atoms with Gasteiger partial charge in [0.25, 0.3) is 0 Å². The Morgan fingerprint density at radius 3 is 2.88 bits per heavy atom. The number of aromatic nitrogens is 1. The maximum absolute atomic E-state index is 5.97. The van der Waals surface area contributed by atoms with E-state index in [1.54, 1.807) is 6.20 Å². The first-order chi connectivity index (χ1) is 8.16. The van der Waals surface area contributed by atoms with Crippen LogP contribution in [-0.2, 0) is 6.54 Å². The molecule has 0 atom stereocenters. The Bertz CT molecular complexity index is 529. The zero-order valence-electron chi connectivity index (χ0n) is 9.37. The van der Waals surface area contributed by atoms with Gasteiger partial charge < -0.3 is 5.32 Å². The van der Waals surface area contributed by atoms with Crippen LogP contribution < -0.4 is 5.32 Å². The minimum Gasteiger partial charge on any atom is -0.378 e. The number of aryl methyl sites for hydroxylation is 1. The van der Waals surface area contributed by atoms with Crippen molar-refractivity contribution in [3.8, 4) is 0 Å². The van der Waals surface area contributed by atoms with E-state index in [0.717, 1.165) is 10.2 Å². The highest BCUT2D eigenvalue weighted by atomic mass is 79.9. The Labute approximate surface area is 114 Å². The van der Waals surface area contributed by atoms with E-state index >= 15 is 0 Å². The summed E-state index contributed by atoms with van der Waals surface area (Å²) in [6.07, 6.45) is 1.68. The average Bonchev–Trinajstić information content (AvgIpc) is 2.30. The minimum atomic E-state index is 0.496. The second-order valence-corrected chi connectivity index (χ2v) is 5.00. The molecule has 1 aromatic heterocycles. The molecule has 0 amide bonds. The summed E-state index contributed by atoms with van der Waals surface area (Å²) in [4.78, 5) is 4.02. The van der Waals surface area contributed by atoms with Crippen molar-refractivity contribution in [2.45, 2.75) is 13.5 Å². The number of hydrogen-bond acceptors (Lipinski definition) is 2. The quantitative estimate of drug-likeness (QED) is 0.849. The van der Waals surface area contributed by atoms with Crippen molar-refractivity contribution in [2.75, 3.05) is 5.32 Å². The van der Waals surface area contributed by atoms with Crippen molar-refractivity contribution < 1.29 is 0 Å². The summed E-state index contributed by atoms with van der Waals surface area (Å²) in [6.45, 7) is 2.78. The van der Waals surface area contributed by atoms with Gasteiger partial charge in [0, 0.05) is 17.2 Å². The smallest absolute Gasteiger partial charge is 0.152 e. The van der Waals surface area contributed by atoms with Crippen LogP contribution >= 0.6 is 27.5 Å². The molecule has 1 N–H and O–H groups in total. The van der Waals surface area contributed by atoms with E-state index in [4.69, 9.17) is 11.6 Å². The maximum Gasteiger partial charge on any atom is 0.152 e.